The third-order valence-electron chi connectivity index (χ3n) is 9.57. The number of ether oxygens (including phenoxy) is 4. The third kappa shape index (κ3) is 11.1. The van der Waals surface area contributed by atoms with Crippen molar-refractivity contribution in [1.29, 1.82) is 0 Å². The molecule has 1 saturated heterocycles. The molecule has 300 valence electrons. The van der Waals surface area contributed by atoms with E-state index in [2.05, 4.69) is 16.5 Å². The highest BCUT2D eigenvalue weighted by molar-refractivity contribution is 6.08. The normalized spacial score (nSPS) is 15.6. The molecule has 4 aromatic rings. The summed E-state index contributed by atoms with van der Waals surface area (Å²) in [5.41, 5.74) is 2.01. The van der Waals surface area contributed by atoms with E-state index in [1.165, 1.54) is 12.1 Å². The van der Waals surface area contributed by atoms with E-state index in [-0.39, 0.29) is 18.2 Å². The number of likely N-dealkylation sites (tertiary alicyclic amines) is 1. The van der Waals surface area contributed by atoms with Gasteiger partial charge in [0.2, 0.25) is 11.8 Å². The number of aldehydes is 1. The smallest absolute Gasteiger partial charge is 0.379 e. The van der Waals surface area contributed by atoms with Crippen LogP contribution in [0.15, 0.2) is 48.7 Å². The summed E-state index contributed by atoms with van der Waals surface area (Å²) in [5, 5.41) is 9.33. The summed E-state index contributed by atoms with van der Waals surface area (Å²) in [6, 6.07) is 10.0. The van der Waals surface area contributed by atoms with Crippen LogP contribution >= 0.6 is 0 Å². The second-order valence-electron chi connectivity index (χ2n) is 14.8. The highest BCUT2D eigenvalue weighted by Gasteiger charge is 2.39. The molecule has 2 unspecified atom stereocenters. The zero-order valence-electron chi connectivity index (χ0n) is 32.0. The number of carbonyl (C=O) groups is 3. The van der Waals surface area contributed by atoms with Crippen molar-refractivity contribution >= 4 is 40.0 Å². The molecule has 0 radical (unpaired) electrons. The number of amides is 2. The van der Waals surface area contributed by atoms with Gasteiger partial charge in [-0.1, -0.05) is 26.8 Å². The van der Waals surface area contributed by atoms with Gasteiger partial charge in [0.15, 0.2) is 5.65 Å². The highest BCUT2D eigenvalue weighted by Crippen LogP contribution is 2.34. The number of aryl methyl sites for hydroxylation is 1. The first-order valence-corrected chi connectivity index (χ1v) is 18.8. The Kier molecular flexibility index (Phi) is 14.5. The predicted octanol–water partition coefficient (Wildman–Crippen LogP) is 5.65. The Morgan fingerprint density at radius 3 is 2.16 bits per heavy atom. The van der Waals surface area contributed by atoms with Gasteiger partial charge in [0, 0.05) is 49.3 Å². The van der Waals surface area contributed by atoms with Crippen molar-refractivity contribution in [2.45, 2.75) is 71.1 Å². The van der Waals surface area contributed by atoms with Crippen LogP contribution in [0.3, 0.4) is 0 Å². The van der Waals surface area contributed by atoms with Crippen LogP contribution < -0.4 is 5.32 Å². The van der Waals surface area contributed by atoms with Crippen LogP contribution in [0.25, 0.3) is 27.6 Å². The molecule has 1 N–H and O–H groups in total. The predicted molar refractivity (Wildman–Crippen MR) is 201 cm³/mol. The van der Waals surface area contributed by atoms with E-state index in [4.69, 9.17) is 18.9 Å². The van der Waals surface area contributed by atoms with Crippen LogP contribution in [0.5, 0.6) is 0 Å². The molecule has 0 aliphatic carbocycles. The maximum absolute atomic E-state index is 13.1. The van der Waals surface area contributed by atoms with Gasteiger partial charge in [-0.3, -0.25) is 18.8 Å². The quantitative estimate of drug-likeness (QED) is 0.0904. The number of alkyl halides is 3. The molecular weight excluding hydrogens is 719 g/mol. The molecule has 5 rings (SSSR count). The van der Waals surface area contributed by atoms with E-state index >= 15 is 0 Å². The minimum atomic E-state index is -4.40. The van der Waals surface area contributed by atoms with Crippen molar-refractivity contribution in [3.63, 3.8) is 0 Å². The van der Waals surface area contributed by atoms with Crippen LogP contribution in [0.4, 0.5) is 13.2 Å². The number of halogens is 3. The first kappa shape index (κ1) is 41.8. The summed E-state index contributed by atoms with van der Waals surface area (Å²) in [7, 11) is 1.82. The lowest BCUT2D eigenvalue weighted by atomic mass is 9.85. The first-order chi connectivity index (χ1) is 26.3. The summed E-state index contributed by atoms with van der Waals surface area (Å²) in [5.74, 6) is -0.437. The molecule has 1 aliphatic rings. The molecule has 1 aliphatic heterocycles. The molecule has 2 aromatic carbocycles. The van der Waals surface area contributed by atoms with Crippen molar-refractivity contribution in [3.05, 3.63) is 59.8 Å². The summed E-state index contributed by atoms with van der Waals surface area (Å²) in [6.45, 7) is 9.54. The van der Waals surface area contributed by atoms with E-state index in [0.29, 0.717) is 90.0 Å². The van der Waals surface area contributed by atoms with Gasteiger partial charge >= 0.3 is 6.18 Å². The fourth-order valence-electron chi connectivity index (χ4n) is 6.70. The average molecular weight is 772 g/mol. The number of carbonyl (C=O) groups excluding carboxylic acids is 3. The van der Waals surface area contributed by atoms with E-state index in [1.54, 1.807) is 9.58 Å². The van der Waals surface area contributed by atoms with Crippen LogP contribution in [-0.4, -0.2) is 109 Å². The van der Waals surface area contributed by atoms with Gasteiger partial charge in [0.1, 0.15) is 12.3 Å². The number of fused-ring (bicyclic) bond motifs is 3. The molecule has 12 nitrogen and oxygen atoms in total. The molecule has 15 heteroatoms. The van der Waals surface area contributed by atoms with E-state index in [0.717, 1.165) is 46.7 Å². The fourth-order valence-corrected chi connectivity index (χ4v) is 6.70. The van der Waals surface area contributed by atoms with Gasteiger partial charge in [0.05, 0.1) is 63.4 Å². The van der Waals surface area contributed by atoms with Crippen molar-refractivity contribution in [3.8, 4) is 5.69 Å². The van der Waals surface area contributed by atoms with E-state index < -0.39 is 29.2 Å². The molecule has 2 aromatic heterocycles. The standard InChI is InChI=1S/C40H52F3N5O7/c1-39(2,3)36(38(51)47-16-5-7-31(47)27-49)44-35(50)8-6-17-52-19-21-54-23-24-55-22-20-53-18-15-28-9-14-34-32(25-28)33-26-46(4)45-37(33)48(34)30-12-10-29(11-13-30)40(41,42)43/h9-14,25-27,31,36H,5-8,15-24H2,1-4H3,(H,44,50). The maximum Gasteiger partial charge on any atom is 0.416 e. The van der Waals surface area contributed by atoms with Gasteiger partial charge in [-0.15, -0.1) is 0 Å². The average Bonchev–Trinajstić information content (AvgIpc) is 3.85. The number of benzene rings is 2. The lowest BCUT2D eigenvalue weighted by molar-refractivity contribution is -0.141. The van der Waals surface area contributed by atoms with Crippen LogP contribution in [0, 0.1) is 5.41 Å². The Labute approximate surface area is 319 Å². The monoisotopic (exact) mass is 771 g/mol. The molecule has 2 amide bonds. The maximum atomic E-state index is 13.1. The molecule has 55 heavy (non-hydrogen) atoms. The van der Waals surface area contributed by atoms with Crippen molar-refractivity contribution in [2.75, 3.05) is 59.4 Å². The summed E-state index contributed by atoms with van der Waals surface area (Å²) in [6.07, 6.45) is 1.15. The zero-order chi connectivity index (χ0) is 39.6. The summed E-state index contributed by atoms with van der Waals surface area (Å²) < 4.78 is 65.5. The Bertz CT molecular complexity index is 1880. The number of rotatable bonds is 20. The minimum absolute atomic E-state index is 0.212. The topological polar surface area (TPSA) is 126 Å². The molecule has 3 heterocycles. The number of aromatic nitrogens is 3. The molecule has 0 saturated carbocycles. The van der Waals surface area contributed by atoms with Gasteiger partial charge < -0.3 is 34.0 Å². The summed E-state index contributed by atoms with van der Waals surface area (Å²) in [4.78, 5) is 38.7. The van der Waals surface area contributed by atoms with Crippen molar-refractivity contribution in [2.24, 2.45) is 12.5 Å². The van der Waals surface area contributed by atoms with E-state index in [9.17, 15) is 27.6 Å². The van der Waals surface area contributed by atoms with E-state index in [1.807, 2.05) is 50.7 Å². The molecule has 1 fully saturated rings. The van der Waals surface area contributed by atoms with Crippen molar-refractivity contribution in [1.82, 2.24) is 24.6 Å². The van der Waals surface area contributed by atoms with Gasteiger partial charge in [-0.05, 0) is 73.1 Å². The Morgan fingerprint density at radius 1 is 0.909 bits per heavy atom. The fraction of sp³-hybridized carbons (Fsp3) is 0.550. The Balaban J connectivity index is 0.917. The number of hydrogen-bond acceptors (Lipinski definition) is 8. The van der Waals surface area contributed by atoms with Gasteiger partial charge in [0.25, 0.3) is 0 Å². The molecule has 2 atom stereocenters. The summed E-state index contributed by atoms with van der Waals surface area (Å²) >= 11 is 0. The number of nitrogens with zero attached hydrogens (tertiary/aromatic N) is 4. The number of hydrogen-bond donors (Lipinski definition) is 1. The second kappa shape index (κ2) is 19.0. The van der Waals surface area contributed by atoms with Crippen LogP contribution in [0.2, 0.25) is 0 Å². The molecule has 0 bridgehead atoms. The van der Waals surface area contributed by atoms with Crippen molar-refractivity contribution < 1.29 is 46.5 Å². The third-order valence-corrected chi connectivity index (χ3v) is 9.57. The molecule has 0 spiro atoms. The van der Waals surface area contributed by atoms with Crippen LogP contribution in [-0.2, 0) is 53.0 Å². The lowest BCUT2D eigenvalue weighted by Gasteiger charge is -2.34. The lowest BCUT2D eigenvalue weighted by Crippen LogP contribution is -2.55. The minimum Gasteiger partial charge on any atom is -0.379 e. The van der Waals surface area contributed by atoms with Crippen LogP contribution in [0.1, 0.15) is 57.6 Å². The largest absolute Gasteiger partial charge is 0.416 e. The molecular formula is C40H52F3N5O7. The Morgan fingerprint density at radius 2 is 1.55 bits per heavy atom. The zero-order valence-corrected chi connectivity index (χ0v) is 32.0. The SMILES string of the molecule is Cn1cc2c3cc(CCOCCOCCOCCOCCCC(=O)NC(C(=O)N4CCCC4C=O)C(C)(C)C)ccc3n(-c3ccc(C(F)(F)F)cc3)c2n1. The first-order valence-electron chi connectivity index (χ1n) is 18.8. The van der Waals surface area contributed by atoms with Gasteiger partial charge in [-0.25, -0.2) is 0 Å². The Hall–Kier alpha value is -4.31. The highest BCUT2D eigenvalue weighted by atomic mass is 19.4. The number of nitrogens with one attached hydrogen (secondary N) is 1. The second-order valence-corrected chi connectivity index (χ2v) is 14.8. The van der Waals surface area contributed by atoms with Gasteiger partial charge in [-0.2, -0.15) is 18.3 Å².